The van der Waals surface area contributed by atoms with Gasteiger partial charge in [-0.15, -0.1) is 0 Å². The van der Waals surface area contributed by atoms with E-state index in [4.69, 9.17) is 17.5 Å². The molecule has 2 rings (SSSR count). The zero-order valence-corrected chi connectivity index (χ0v) is 11.8. The Kier molecular flexibility index (Phi) is 4.33. The highest BCUT2D eigenvalue weighted by Crippen LogP contribution is 2.33. The molecule has 0 radical (unpaired) electrons. The molecule has 0 heterocycles. The number of phenolic OH excluding ortho intramolecular Hbond substituents is 1. The summed E-state index contributed by atoms with van der Waals surface area (Å²) in [4.78, 5) is 0.206. The van der Waals surface area contributed by atoms with Crippen molar-refractivity contribution in [2.24, 2.45) is 0 Å². The van der Waals surface area contributed by atoms with Crippen molar-refractivity contribution < 1.29 is 18.3 Å². The number of nitriles is 1. The minimum absolute atomic E-state index is 0.0595. The van der Waals surface area contributed by atoms with Gasteiger partial charge >= 0.3 is 6.18 Å². The first-order chi connectivity index (χ1) is 10.3. The summed E-state index contributed by atoms with van der Waals surface area (Å²) in [7, 11) is 0. The number of rotatable bonds is 2. The third-order valence-corrected chi connectivity index (χ3v) is 3.17. The highest BCUT2D eigenvalue weighted by atomic mass is 32.1. The number of nitrogens with zero attached hydrogens (tertiary/aromatic N) is 1. The summed E-state index contributed by atoms with van der Waals surface area (Å²) >= 11 is 5.10. The van der Waals surface area contributed by atoms with Crippen LogP contribution in [0.4, 0.5) is 18.9 Å². The number of hydrogen-bond acceptors (Lipinski definition) is 3. The lowest BCUT2D eigenvalue weighted by molar-refractivity contribution is -0.137. The number of phenols is 1. The number of nitrogens with one attached hydrogen (secondary N) is 1. The molecule has 0 saturated heterocycles. The van der Waals surface area contributed by atoms with Gasteiger partial charge in [0, 0.05) is 11.3 Å². The number of aromatic hydroxyl groups is 1. The largest absolute Gasteiger partial charge is 0.508 e. The fraction of sp³-hybridized carbons (Fsp3) is 0.0667. The highest BCUT2D eigenvalue weighted by Gasteiger charge is 2.33. The molecule has 0 amide bonds. The summed E-state index contributed by atoms with van der Waals surface area (Å²) in [5.41, 5.74) is -0.794. The van der Waals surface area contributed by atoms with Crippen LogP contribution in [0.5, 0.6) is 5.75 Å². The van der Waals surface area contributed by atoms with Crippen molar-refractivity contribution in [2.45, 2.75) is 6.18 Å². The Hall–Kier alpha value is -2.59. The van der Waals surface area contributed by atoms with Crippen LogP contribution in [0.2, 0.25) is 0 Å². The van der Waals surface area contributed by atoms with Crippen LogP contribution in [0, 0.1) is 11.3 Å². The van der Waals surface area contributed by atoms with Crippen molar-refractivity contribution >= 4 is 22.9 Å². The maximum atomic E-state index is 12.9. The zero-order valence-electron chi connectivity index (χ0n) is 11.0. The Balaban J connectivity index is 2.29. The van der Waals surface area contributed by atoms with Gasteiger partial charge in [-0.2, -0.15) is 18.4 Å². The van der Waals surface area contributed by atoms with Crippen molar-refractivity contribution in [1.82, 2.24) is 0 Å². The Labute approximate surface area is 129 Å². The van der Waals surface area contributed by atoms with Crippen LogP contribution in [-0.2, 0) is 6.18 Å². The van der Waals surface area contributed by atoms with E-state index in [0.717, 1.165) is 12.1 Å². The molecule has 2 aromatic carbocycles. The quantitative estimate of drug-likeness (QED) is 0.818. The van der Waals surface area contributed by atoms with Gasteiger partial charge in [-0.25, -0.2) is 0 Å². The van der Waals surface area contributed by atoms with Gasteiger partial charge in [0.1, 0.15) is 10.7 Å². The van der Waals surface area contributed by atoms with E-state index in [1.54, 1.807) is 12.1 Å². The van der Waals surface area contributed by atoms with Crippen molar-refractivity contribution in [3.63, 3.8) is 0 Å². The van der Waals surface area contributed by atoms with Crippen LogP contribution < -0.4 is 5.32 Å². The normalized spacial score (nSPS) is 10.8. The number of hydrogen-bond donors (Lipinski definition) is 2. The lowest BCUT2D eigenvalue weighted by Gasteiger charge is -2.13. The molecule has 7 heteroatoms. The molecule has 0 saturated carbocycles. The molecular weight excluding hydrogens is 313 g/mol. The van der Waals surface area contributed by atoms with Crippen LogP contribution in [0.15, 0.2) is 42.5 Å². The van der Waals surface area contributed by atoms with Crippen LogP contribution in [0.3, 0.4) is 0 Å². The molecule has 0 spiro atoms. The maximum Gasteiger partial charge on any atom is 0.417 e. The Bertz CT molecular complexity index is 749. The number of alkyl halides is 3. The molecular formula is C15H9F3N2OS. The number of thiocarbonyl (C=S) groups is 1. The average molecular weight is 322 g/mol. The summed E-state index contributed by atoms with van der Waals surface area (Å²) in [5, 5.41) is 20.6. The molecule has 0 aliphatic heterocycles. The molecule has 0 bridgehead atoms. The van der Waals surface area contributed by atoms with Crippen LogP contribution in [0.25, 0.3) is 0 Å². The van der Waals surface area contributed by atoms with Gasteiger partial charge in [0.25, 0.3) is 0 Å². The molecule has 2 N–H and O–H groups in total. The minimum atomic E-state index is -4.62. The van der Waals surface area contributed by atoms with Gasteiger partial charge < -0.3 is 10.4 Å². The SMILES string of the molecule is N#Cc1ccc(NC(=S)c2ccc(O)cc2)cc1C(F)(F)F. The lowest BCUT2D eigenvalue weighted by atomic mass is 10.1. The summed E-state index contributed by atoms with van der Waals surface area (Å²) in [5.74, 6) is 0.0595. The second-order valence-corrected chi connectivity index (χ2v) is 4.78. The maximum absolute atomic E-state index is 12.9. The molecule has 2 aromatic rings. The van der Waals surface area contributed by atoms with E-state index in [-0.39, 0.29) is 16.4 Å². The van der Waals surface area contributed by atoms with Gasteiger partial charge in [0.15, 0.2) is 0 Å². The van der Waals surface area contributed by atoms with Gasteiger partial charge in [0.05, 0.1) is 17.2 Å². The van der Waals surface area contributed by atoms with E-state index in [9.17, 15) is 18.3 Å². The Morgan fingerprint density at radius 3 is 2.32 bits per heavy atom. The second-order valence-electron chi connectivity index (χ2n) is 4.37. The van der Waals surface area contributed by atoms with E-state index >= 15 is 0 Å². The van der Waals surface area contributed by atoms with Crippen molar-refractivity contribution in [2.75, 3.05) is 5.32 Å². The smallest absolute Gasteiger partial charge is 0.417 e. The minimum Gasteiger partial charge on any atom is -0.508 e. The molecule has 0 fully saturated rings. The summed E-state index contributed by atoms with van der Waals surface area (Å²) in [6, 6.07) is 10.7. The fourth-order valence-electron chi connectivity index (χ4n) is 1.77. The fourth-order valence-corrected chi connectivity index (χ4v) is 2.02. The van der Waals surface area contributed by atoms with Crippen molar-refractivity contribution in [3.05, 3.63) is 59.2 Å². The lowest BCUT2D eigenvalue weighted by Crippen LogP contribution is -2.13. The zero-order chi connectivity index (χ0) is 16.3. The highest BCUT2D eigenvalue weighted by molar-refractivity contribution is 7.81. The van der Waals surface area contributed by atoms with Crippen molar-refractivity contribution in [1.29, 1.82) is 5.26 Å². The van der Waals surface area contributed by atoms with Gasteiger partial charge in [-0.05, 0) is 42.5 Å². The Morgan fingerprint density at radius 2 is 1.77 bits per heavy atom. The monoisotopic (exact) mass is 322 g/mol. The molecule has 3 nitrogen and oxygen atoms in total. The van der Waals surface area contributed by atoms with Crippen LogP contribution in [0.1, 0.15) is 16.7 Å². The third kappa shape index (κ3) is 3.54. The van der Waals surface area contributed by atoms with Gasteiger partial charge in [-0.3, -0.25) is 0 Å². The van der Waals surface area contributed by atoms with E-state index < -0.39 is 17.3 Å². The number of halogens is 3. The number of benzene rings is 2. The second kappa shape index (κ2) is 6.03. The first-order valence-electron chi connectivity index (χ1n) is 6.03. The molecule has 22 heavy (non-hydrogen) atoms. The third-order valence-electron chi connectivity index (χ3n) is 2.83. The summed E-state index contributed by atoms with van der Waals surface area (Å²) in [6.45, 7) is 0. The topological polar surface area (TPSA) is 56.0 Å². The molecule has 0 aliphatic carbocycles. The molecule has 0 aromatic heterocycles. The van der Waals surface area contributed by atoms with E-state index in [2.05, 4.69) is 5.32 Å². The summed E-state index contributed by atoms with van der Waals surface area (Å²) in [6.07, 6.45) is -4.62. The van der Waals surface area contributed by atoms with Crippen LogP contribution >= 0.6 is 12.2 Å². The van der Waals surface area contributed by atoms with Crippen molar-refractivity contribution in [3.8, 4) is 11.8 Å². The van der Waals surface area contributed by atoms with E-state index in [0.29, 0.717) is 5.56 Å². The number of anilines is 1. The van der Waals surface area contributed by atoms with Crippen LogP contribution in [-0.4, -0.2) is 10.1 Å². The molecule has 0 aliphatic rings. The molecule has 0 unspecified atom stereocenters. The predicted molar refractivity (Wildman–Crippen MR) is 79.6 cm³/mol. The summed E-state index contributed by atoms with van der Waals surface area (Å²) < 4.78 is 38.6. The molecule has 112 valence electrons. The Morgan fingerprint density at radius 1 is 1.14 bits per heavy atom. The predicted octanol–water partition coefficient (Wildman–Crippen LogP) is 4.07. The first kappa shape index (κ1) is 15.8. The first-order valence-corrected chi connectivity index (χ1v) is 6.44. The molecule has 0 atom stereocenters. The standard InChI is InChI=1S/C15H9F3N2OS/c16-15(17,18)13-7-11(4-1-10(13)8-19)20-14(22)9-2-5-12(21)6-3-9/h1-7,21H,(H,20,22). The van der Waals surface area contributed by atoms with E-state index in [1.165, 1.54) is 24.3 Å². The van der Waals surface area contributed by atoms with Gasteiger partial charge in [0.2, 0.25) is 0 Å². The van der Waals surface area contributed by atoms with Gasteiger partial charge in [-0.1, -0.05) is 12.2 Å². The average Bonchev–Trinajstić information content (AvgIpc) is 2.47. The van der Waals surface area contributed by atoms with E-state index in [1.807, 2.05) is 0 Å².